The van der Waals surface area contributed by atoms with Crippen molar-refractivity contribution in [3.8, 4) is 0 Å². The van der Waals surface area contributed by atoms with Crippen molar-refractivity contribution in [2.45, 2.75) is 45.1 Å². The van der Waals surface area contributed by atoms with Gasteiger partial charge in [0, 0.05) is 19.6 Å². The fourth-order valence-corrected chi connectivity index (χ4v) is 2.31. The molecule has 1 saturated carbocycles. The lowest BCUT2D eigenvalue weighted by molar-refractivity contribution is -0.140. The molecule has 0 bridgehead atoms. The summed E-state index contributed by atoms with van der Waals surface area (Å²) in [6, 6.07) is 0. The van der Waals surface area contributed by atoms with Gasteiger partial charge in [-0.2, -0.15) is 0 Å². The standard InChI is InChI=1S/C13H23NO4/c1-9-3-5-10(6-4-9)13(17)14-8-11(18-2)7-12(15)16/h9-11H,3-8H2,1-2H3,(H,14,17)(H,15,16). The van der Waals surface area contributed by atoms with Crippen LogP contribution in [0.4, 0.5) is 0 Å². The number of carboxylic acid groups (broad SMARTS) is 1. The van der Waals surface area contributed by atoms with Crippen molar-refractivity contribution < 1.29 is 19.4 Å². The van der Waals surface area contributed by atoms with Crippen LogP contribution in [0.25, 0.3) is 0 Å². The number of carbonyl (C=O) groups is 2. The zero-order valence-electron chi connectivity index (χ0n) is 11.1. The Bertz CT molecular complexity index is 285. The molecule has 1 unspecified atom stereocenters. The van der Waals surface area contributed by atoms with Gasteiger partial charge in [-0.05, 0) is 31.6 Å². The zero-order chi connectivity index (χ0) is 13.5. The second-order valence-electron chi connectivity index (χ2n) is 5.16. The third kappa shape index (κ3) is 5.04. The highest BCUT2D eigenvalue weighted by Crippen LogP contribution is 2.28. The summed E-state index contributed by atoms with van der Waals surface area (Å²) in [7, 11) is 1.46. The monoisotopic (exact) mass is 257 g/mol. The van der Waals surface area contributed by atoms with Crippen molar-refractivity contribution in [3.63, 3.8) is 0 Å². The van der Waals surface area contributed by atoms with Crippen LogP contribution in [-0.2, 0) is 14.3 Å². The van der Waals surface area contributed by atoms with Gasteiger partial charge in [0.05, 0.1) is 12.5 Å². The molecule has 0 saturated heterocycles. The molecule has 0 aliphatic heterocycles. The fourth-order valence-electron chi connectivity index (χ4n) is 2.31. The van der Waals surface area contributed by atoms with E-state index in [0.29, 0.717) is 5.92 Å². The molecule has 1 atom stereocenters. The molecule has 1 aliphatic rings. The van der Waals surface area contributed by atoms with Gasteiger partial charge in [0.25, 0.3) is 0 Å². The van der Waals surface area contributed by atoms with Crippen molar-refractivity contribution in [3.05, 3.63) is 0 Å². The van der Waals surface area contributed by atoms with Gasteiger partial charge in [-0.15, -0.1) is 0 Å². The Hall–Kier alpha value is -1.10. The zero-order valence-corrected chi connectivity index (χ0v) is 11.1. The van der Waals surface area contributed by atoms with Crippen LogP contribution in [0, 0.1) is 11.8 Å². The van der Waals surface area contributed by atoms with Crippen LogP contribution in [0.5, 0.6) is 0 Å². The summed E-state index contributed by atoms with van der Waals surface area (Å²) in [5, 5.41) is 11.5. The predicted molar refractivity (Wildman–Crippen MR) is 67.2 cm³/mol. The quantitative estimate of drug-likeness (QED) is 0.754. The summed E-state index contributed by atoms with van der Waals surface area (Å²) in [6.07, 6.45) is 3.53. The minimum Gasteiger partial charge on any atom is -0.481 e. The van der Waals surface area contributed by atoms with E-state index < -0.39 is 12.1 Å². The van der Waals surface area contributed by atoms with E-state index in [2.05, 4.69) is 12.2 Å². The molecule has 1 fully saturated rings. The molecule has 0 radical (unpaired) electrons. The van der Waals surface area contributed by atoms with E-state index in [1.165, 1.54) is 7.11 Å². The maximum absolute atomic E-state index is 11.9. The highest BCUT2D eigenvalue weighted by molar-refractivity contribution is 5.78. The van der Waals surface area contributed by atoms with Gasteiger partial charge in [-0.25, -0.2) is 0 Å². The SMILES string of the molecule is COC(CNC(=O)C1CCC(C)CC1)CC(=O)O. The number of ether oxygens (including phenoxy) is 1. The number of hydrogen-bond donors (Lipinski definition) is 2. The third-order valence-electron chi connectivity index (χ3n) is 3.63. The van der Waals surface area contributed by atoms with Crippen molar-refractivity contribution in [2.75, 3.05) is 13.7 Å². The molecule has 1 aliphatic carbocycles. The molecule has 5 heteroatoms. The minimum absolute atomic E-state index is 0.0364. The molecule has 1 amide bonds. The van der Waals surface area contributed by atoms with Crippen molar-refractivity contribution in [1.29, 1.82) is 0 Å². The van der Waals surface area contributed by atoms with Crippen LogP contribution in [0.15, 0.2) is 0 Å². The molecule has 2 N–H and O–H groups in total. The second kappa shape index (κ2) is 7.36. The average molecular weight is 257 g/mol. The summed E-state index contributed by atoms with van der Waals surface area (Å²) in [5.74, 6) is -0.0757. The van der Waals surface area contributed by atoms with E-state index in [9.17, 15) is 9.59 Å². The van der Waals surface area contributed by atoms with Gasteiger partial charge in [0.1, 0.15) is 0 Å². The topological polar surface area (TPSA) is 75.6 Å². The number of nitrogens with one attached hydrogen (secondary N) is 1. The summed E-state index contributed by atoms with van der Waals surface area (Å²) in [6.45, 7) is 2.48. The van der Waals surface area contributed by atoms with E-state index in [1.807, 2.05) is 0 Å². The molecular formula is C13H23NO4. The largest absolute Gasteiger partial charge is 0.481 e. The molecule has 0 heterocycles. The third-order valence-corrected chi connectivity index (χ3v) is 3.63. The maximum Gasteiger partial charge on any atom is 0.306 e. The van der Waals surface area contributed by atoms with Gasteiger partial charge >= 0.3 is 5.97 Å². The summed E-state index contributed by atoms with van der Waals surface area (Å²) in [4.78, 5) is 22.5. The number of methoxy groups -OCH3 is 1. The Balaban J connectivity index is 2.29. The Morgan fingerprint density at radius 3 is 2.44 bits per heavy atom. The van der Waals surface area contributed by atoms with Gasteiger partial charge < -0.3 is 15.2 Å². The van der Waals surface area contributed by atoms with Gasteiger partial charge in [0.2, 0.25) is 5.91 Å². The number of aliphatic carboxylic acids is 1. The van der Waals surface area contributed by atoms with E-state index in [-0.39, 0.29) is 24.8 Å². The van der Waals surface area contributed by atoms with E-state index in [4.69, 9.17) is 9.84 Å². The lowest BCUT2D eigenvalue weighted by Crippen LogP contribution is -2.38. The molecule has 0 aromatic heterocycles. The van der Waals surface area contributed by atoms with Crippen molar-refractivity contribution in [1.82, 2.24) is 5.32 Å². The first kappa shape index (κ1) is 15.0. The van der Waals surface area contributed by atoms with E-state index in [0.717, 1.165) is 25.7 Å². The maximum atomic E-state index is 11.9. The number of amides is 1. The smallest absolute Gasteiger partial charge is 0.306 e. The molecular weight excluding hydrogens is 234 g/mol. The number of carboxylic acids is 1. The number of hydrogen-bond acceptors (Lipinski definition) is 3. The van der Waals surface area contributed by atoms with Crippen LogP contribution in [0.3, 0.4) is 0 Å². The molecule has 18 heavy (non-hydrogen) atoms. The normalized spacial score (nSPS) is 25.4. The average Bonchev–Trinajstić information content (AvgIpc) is 2.34. The minimum atomic E-state index is -0.914. The first-order chi connectivity index (χ1) is 8.52. The second-order valence-corrected chi connectivity index (χ2v) is 5.16. The van der Waals surface area contributed by atoms with Crippen molar-refractivity contribution in [2.24, 2.45) is 11.8 Å². The van der Waals surface area contributed by atoms with Crippen LogP contribution < -0.4 is 5.32 Å². The summed E-state index contributed by atoms with van der Waals surface area (Å²) < 4.78 is 5.02. The highest BCUT2D eigenvalue weighted by Gasteiger charge is 2.24. The molecule has 0 spiro atoms. The lowest BCUT2D eigenvalue weighted by Gasteiger charge is -2.25. The van der Waals surface area contributed by atoms with Crippen LogP contribution in [0.2, 0.25) is 0 Å². The molecule has 0 aromatic carbocycles. The molecule has 1 rings (SSSR count). The Morgan fingerprint density at radius 2 is 1.94 bits per heavy atom. The first-order valence-electron chi connectivity index (χ1n) is 6.55. The number of carbonyl (C=O) groups excluding carboxylic acids is 1. The van der Waals surface area contributed by atoms with E-state index in [1.54, 1.807) is 0 Å². The van der Waals surface area contributed by atoms with Gasteiger partial charge in [-0.1, -0.05) is 6.92 Å². The molecule has 104 valence electrons. The lowest BCUT2D eigenvalue weighted by atomic mass is 9.82. The van der Waals surface area contributed by atoms with Crippen LogP contribution in [0.1, 0.15) is 39.0 Å². The van der Waals surface area contributed by atoms with E-state index >= 15 is 0 Å². The Labute approximate surface area is 108 Å². The van der Waals surface area contributed by atoms with Crippen molar-refractivity contribution >= 4 is 11.9 Å². The number of rotatable bonds is 6. The first-order valence-corrected chi connectivity index (χ1v) is 6.55. The molecule has 5 nitrogen and oxygen atoms in total. The Kier molecular flexibility index (Phi) is 6.12. The Morgan fingerprint density at radius 1 is 1.33 bits per heavy atom. The van der Waals surface area contributed by atoms with Gasteiger partial charge in [0.15, 0.2) is 0 Å². The predicted octanol–water partition coefficient (Wildman–Crippen LogP) is 1.42. The highest BCUT2D eigenvalue weighted by atomic mass is 16.5. The van der Waals surface area contributed by atoms with Crippen LogP contribution >= 0.6 is 0 Å². The fraction of sp³-hybridized carbons (Fsp3) is 0.846. The molecule has 0 aromatic rings. The summed E-state index contributed by atoms with van der Waals surface area (Å²) in [5.41, 5.74) is 0. The summed E-state index contributed by atoms with van der Waals surface area (Å²) >= 11 is 0. The van der Waals surface area contributed by atoms with Gasteiger partial charge in [-0.3, -0.25) is 9.59 Å². The van der Waals surface area contributed by atoms with Crippen LogP contribution in [-0.4, -0.2) is 36.7 Å².